The molecule has 2 atom stereocenters. The van der Waals surface area contributed by atoms with E-state index in [0.29, 0.717) is 22.4 Å². The third kappa shape index (κ3) is 7.95. The van der Waals surface area contributed by atoms with Crippen LogP contribution >= 0.6 is 11.6 Å². The molecule has 2 aromatic rings. The van der Waals surface area contributed by atoms with Crippen molar-refractivity contribution in [1.29, 1.82) is 0 Å². The van der Waals surface area contributed by atoms with Crippen molar-refractivity contribution in [2.24, 2.45) is 0 Å². The third-order valence-corrected chi connectivity index (χ3v) is 5.55. The van der Waals surface area contributed by atoms with Crippen molar-refractivity contribution in [3.8, 4) is 12.3 Å². The van der Waals surface area contributed by atoms with Crippen LogP contribution in [0.3, 0.4) is 0 Å². The number of aryl methyl sites for hydroxylation is 1. The van der Waals surface area contributed by atoms with Gasteiger partial charge in [0.05, 0.1) is 23.9 Å². The average molecular weight is 530 g/mol. The van der Waals surface area contributed by atoms with Crippen molar-refractivity contribution in [1.82, 2.24) is 10.2 Å². The van der Waals surface area contributed by atoms with E-state index in [1.165, 1.54) is 0 Å². The molecule has 0 aromatic heterocycles. The predicted molar refractivity (Wildman–Crippen MR) is 141 cm³/mol. The Morgan fingerprint density at radius 1 is 1.14 bits per heavy atom. The lowest BCUT2D eigenvalue weighted by molar-refractivity contribution is -0.142. The van der Waals surface area contributed by atoms with Gasteiger partial charge < -0.3 is 30.5 Å². The summed E-state index contributed by atoms with van der Waals surface area (Å²) < 4.78 is 5.19. The summed E-state index contributed by atoms with van der Waals surface area (Å²) in [7, 11) is 0. The van der Waals surface area contributed by atoms with E-state index >= 15 is 0 Å². The van der Waals surface area contributed by atoms with Gasteiger partial charge in [-0.05, 0) is 51.0 Å². The number of hydrogen-bond acceptors (Lipinski definition) is 6. The van der Waals surface area contributed by atoms with Crippen molar-refractivity contribution in [2.75, 3.05) is 25.1 Å². The molecule has 10 heteroatoms. The first kappa shape index (κ1) is 29.6. The molecule has 0 aliphatic carbocycles. The zero-order valence-corrected chi connectivity index (χ0v) is 22.0. The number of para-hydroxylation sites is 1. The second kappa shape index (κ2) is 13.1. The minimum absolute atomic E-state index is 0.289. The molecule has 0 aliphatic rings. The molecule has 0 saturated heterocycles. The Kier molecular flexibility index (Phi) is 10.5. The van der Waals surface area contributed by atoms with Gasteiger partial charge in [0.25, 0.3) is 5.91 Å². The number of halogens is 1. The van der Waals surface area contributed by atoms with Crippen LogP contribution in [0, 0.1) is 19.3 Å². The molecule has 4 N–H and O–H groups in total. The number of anilines is 1. The van der Waals surface area contributed by atoms with Crippen LogP contribution in [0.4, 0.5) is 10.5 Å². The number of hydrogen-bond donors (Lipinski definition) is 4. The summed E-state index contributed by atoms with van der Waals surface area (Å²) in [6, 6.07) is 8.84. The number of aliphatic hydroxyl groups is 2. The van der Waals surface area contributed by atoms with Gasteiger partial charge in [-0.3, -0.25) is 9.59 Å². The summed E-state index contributed by atoms with van der Waals surface area (Å²) in [5, 5.41) is 25.1. The number of aliphatic hydroxyl groups excluding tert-OH is 2. The fourth-order valence-electron chi connectivity index (χ4n) is 3.61. The van der Waals surface area contributed by atoms with E-state index in [1.54, 1.807) is 70.2 Å². The van der Waals surface area contributed by atoms with Gasteiger partial charge in [-0.25, -0.2) is 4.79 Å². The summed E-state index contributed by atoms with van der Waals surface area (Å²) in [6.07, 6.45) is 4.75. The number of benzene rings is 2. The Labute approximate surface area is 221 Å². The van der Waals surface area contributed by atoms with Crippen LogP contribution in [-0.4, -0.2) is 64.4 Å². The van der Waals surface area contributed by atoms with Crippen molar-refractivity contribution in [3.63, 3.8) is 0 Å². The zero-order valence-electron chi connectivity index (χ0n) is 21.2. The molecule has 9 nitrogen and oxygen atoms in total. The van der Waals surface area contributed by atoms with Gasteiger partial charge in [-0.15, -0.1) is 6.42 Å². The van der Waals surface area contributed by atoms with Gasteiger partial charge in [0.1, 0.15) is 17.7 Å². The smallest absolute Gasteiger partial charge is 0.408 e. The number of nitrogens with zero attached hydrogens (tertiary/aromatic N) is 1. The predicted octanol–water partition coefficient (Wildman–Crippen LogP) is 3.02. The minimum atomic E-state index is -1.46. The Morgan fingerprint density at radius 2 is 1.81 bits per heavy atom. The topological polar surface area (TPSA) is 128 Å². The highest BCUT2D eigenvalue weighted by Crippen LogP contribution is 2.30. The highest BCUT2D eigenvalue weighted by molar-refractivity contribution is 6.34. The molecule has 198 valence electrons. The molecule has 2 unspecified atom stereocenters. The maximum absolute atomic E-state index is 13.7. The number of nitrogens with one attached hydrogen (secondary N) is 2. The number of rotatable bonds is 9. The maximum Gasteiger partial charge on any atom is 0.408 e. The Balaban J connectivity index is 2.55. The van der Waals surface area contributed by atoms with E-state index in [4.69, 9.17) is 22.8 Å². The number of amides is 3. The van der Waals surface area contributed by atoms with Crippen LogP contribution in [0.15, 0.2) is 42.5 Å². The van der Waals surface area contributed by atoms with E-state index in [0.717, 1.165) is 4.90 Å². The van der Waals surface area contributed by atoms with E-state index < -0.39 is 48.8 Å². The van der Waals surface area contributed by atoms with E-state index in [9.17, 15) is 24.6 Å². The first-order valence-electron chi connectivity index (χ1n) is 11.6. The van der Waals surface area contributed by atoms with Crippen molar-refractivity contribution >= 4 is 35.2 Å². The second-order valence-electron chi connectivity index (χ2n) is 9.19. The number of ether oxygens (including phenoxy) is 1. The van der Waals surface area contributed by atoms with Crippen molar-refractivity contribution < 1.29 is 29.3 Å². The lowest BCUT2D eigenvalue weighted by Crippen LogP contribution is -2.54. The van der Waals surface area contributed by atoms with Gasteiger partial charge in [0.2, 0.25) is 5.91 Å². The van der Waals surface area contributed by atoms with Crippen LogP contribution in [0.25, 0.3) is 0 Å². The number of carbonyl (C=O) groups is 3. The summed E-state index contributed by atoms with van der Waals surface area (Å²) in [6.45, 7) is 5.10. The molecule has 0 heterocycles. The number of terminal acetylenes is 1. The largest absolute Gasteiger partial charge is 0.444 e. The Hall–Kier alpha value is -3.58. The van der Waals surface area contributed by atoms with Crippen LogP contribution in [0.5, 0.6) is 0 Å². The molecule has 2 rings (SSSR count). The minimum Gasteiger partial charge on any atom is -0.444 e. The molecule has 2 aromatic carbocycles. The molecule has 0 fully saturated rings. The highest BCUT2D eigenvalue weighted by atomic mass is 35.5. The van der Waals surface area contributed by atoms with Gasteiger partial charge >= 0.3 is 6.09 Å². The molecule has 0 aliphatic heterocycles. The normalized spacial score (nSPS) is 12.6. The van der Waals surface area contributed by atoms with Crippen LogP contribution < -0.4 is 10.6 Å². The van der Waals surface area contributed by atoms with Gasteiger partial charge in [-0.1, -0.05) is 47.9 Å². The SMILES string of the molecule is C#Cc1ccccc1C(C(=O)Nc1c(C)cccc1Cl)N(CCO)C(=O)C(CO)NC(=O)OC(C)(C)C. The number of alkyl carbamates (subject to hydrolysis) is 1. The molecule has 37 heavy (non-hydrogen) atoms. The summed E-state index contributed by atoms with van der Waals surface area (Å²) in [4.78, 5) is 40.7. The molecule has 0 bridgehead atoms. The molecule has 0 spiro atoms. The first-order chi connectivity index (χ1) is 17.4. The average Bonchev–Trinajstić information content (AvgIpc) is 2.83. The van der Waals surface area contributed by atoms with Crippen molar-refractivity contribution in [3.05, 3.63) is 64.2 Å². The fraction of sp³-hybridized carbons (Fsp3) is 0.370. The summed E-state index contributed by atoms with van der Waals surface area (Å²) in [5.41, 5.74) is 0.834. The number of carbonyl (C=O) groups excluding carboxylic acids is 3. The fourth-order valence-corrected chi connectivity index (χ4v) is 3.88. The molecule has 3 amide bonds. The maximum atomic E-state index is 13.7. The van der Waals surface area contributed by atoms with E-state index in [-0.39, 0.29) is 11.6 Å². The lowest BCUT2D eigenvalue weighted by Gasteiger charge is -2.34. The van der Waals surface area contributed by atoms with Gasteiger partial charge in [-0.2, -0.15) is 0 Å². The van der Waals surface area contributed by atoms with Gasteiger partial charge in [0.15, 0.2) is 0 Å². The molecule has 0 saturated carbocycles. The van der Waals surface area contributed by atoms with Gasteiger partial charge in [0, 0.05) is 12.1 Å². The van der Waals surface area contributed by atoms with Crippen LogP contribution in [-0.2, 0) is 14.3 Å². The summed E-state index contributed by atoms with van der Waals surface area (Å²) in [5.74, 6) is 1.02. The first-order valence-corrected chi connectivity index (χ1v) is 11.9. The third-order valence-electron chi connectivity index (χ3n) is 5.24. The Morgan fingerprint density at radius 3 is 2.38 bits per heavy atom. The standard InChI is InChI=1S/C27H32ClN3O6/c1-6-18-11-7-8-12-19(18)23(24(34)30-22-17(2)10-9-13-20(22)28)31(14-15-32)25(35)21(16-33)29-26(36)37-27(3,4)5/h1,7-13,21,23,32-33H,14-16H2,2-5H3,(H,29,36)(H,30,34). The second-order valence-corrected chi connectivity index (χ2v) is 9.60. The van der Waals surface area contributed by atoms with Crippen molar-refractivity contribution in [2.45, 2.75) is 45.4 Å². The van der Waals surface area contributed by atoms with Crippen LogP contribution in [0.2, 0.25) is 5.02 Å². The van der Waals surface area contributed by atoms with Crippen LogP contribution in [0.1, 0.15) is 43.5 Å². The quantitative estimate of drug-likeness (QED) is 0.370. The molecule has 0 radical (unpaired) electrons. The lowest BCUT2D eigenvalue weighted by atomic mass is 9.97. The molecular weight excluding hydrogens is 498 g/mol. The monoisotopic (exact) mass is 529 g/mol. The highest BCUT2D eigenvalue weighted by Gasteiger charge is 2.37. The van der Waals surface area contributed by atoms with E-state index in [1.807, 2.05) is 0 Å². The molecular formula is C27H32ClN3O6. The van der Waals surface area contributed by atoms with E-state index in [2.05, 4.69) is 16.6 Å². The summed E-state index contributed by atoms with van der Waals surface area (Å²) >= 11 is 6.31. The Bertz CT molecular complexity index is 1150. The zero-order chi connectivity index (χ0) is 27.8.